The molecule has 0 bridgehead atoms. The van der Waals surface area contributed by atoms with Gasteiger partial charge in [-0.05, 0) is 17.7 Å². The number of amides is 1. The average Bonchev–Trinajstić information content (AvgIpc) is 2.63. The number of hydrogen-bond acceptors (Lipinski definition) is 3. The van der Waals surface area contributed by atoms with Crippen molar-refractivity contribution in [1.82, 2.24) is 14.8 Å². The molecule has 0 spiro atoms. The van der Waals surface area contributed by atoms with Crippen LogP contribution in [0.15, 0.2) is 54.7 Å². The number of carbonyl (C=O) groups excluding carboxylic acids is 1. The van der Waals surface area contributed by atoms with Gasteiger partial charge >= 0.3 is 0 Å². The minimum Gasteiger partial charge on any atom is -0.336 e. The topological polar surface area (TPSA) is 36.4 Å². The highest BCUT2D eigenvalue weighted by molar-refractivity contribution is 6.29. The van der Waals surface area contributed by atoms with E-state index < -0.39 is 0 Å². The van der Waals surface area contributed by atoms with Crippen LogP contribution in [0.2, 0.25) is 5.15 Å². The van der Waals surface area contributed by atoms with Crippen molar-refractivity contribution in [2.75, 3.05) is 32.7 Å². The van der Waals surface area contributed by atoms with E-state index in [0.717, 1.165) is 32.7 Å². The van der Waals surface area contributed by atoms with Gasteiger partial charge in [0.05, 0.1) is 5.56 Å². The van der Waals surface area contributed by atoms with Gasteiger partial charge in [0.25, 0.3) is 5.91 Å². The minimum atomic E-state index is 0.0265. The van der Waals surface area contributed by atoms with Crippen LogP contribution in [0.1, 0.15) is 15.9 Å². The predicted molar refractivity (Wildman–Crippen MR) is 97.1 cm³/mol. The molecule has 1 saturated heterocycles. The Hall–Kier alpha value is -2.17. The number of hydrogen-bond donors (Lipinski definition) is 0. The lowest BCUT2D eigenvalue weighted by atomic mass is 10.2. The molecule has 0 unspecified atom stereocenters. The molecule has 0 radical (unpaired) electrons. The summed E-state index contributed by atoms with van der Waals surface area (Å²) in [6.07, 6.45) is 5.85. The van der Waals surface area contributed by atoms with Crippen molar-refractivity contribution < 1.29 is 4.79 Å². The molecule has 1 aromatic heterocycles. The van der Waals surface area contributed by atoms with Gasteiger partial charge in [0.15, 0.2) is 0 Å². The lowest BCUT2D eigenvalue weighted by molar-refractivity contribution is 0.0650. The Bertz CT molecular complexity index is 692. The highest BCUT2D eigenvalue weighted by Gasteiger charge is 2.21. The van der Waals surface area contributed by atoms with Gasteiger partial charge in [-0.15, -0.1) is 0 Å². The second-order valence-electron chi connectivity index (χ2n) is 5.78. The van der Waals surface area contributed by atoms with Crippen molar-refractivity contribution in [3.05, 3.63) is 71.0 Å². The maximum atomic E-state index is 12.4. The van der Waals surface area contributed by atoms with Crippen molar-refractivity contribution in [1.29, 1.82) is 0 Å². The Balaban J connectivity index is 1.48. The van der Waals surface area contributed by atoms with Crippen LogP contribution < -0.4 is 0 Å². The zero-order valence-electron chi connectivity index (χ0n) is 13.4. The highest BCUT2D eigenvalue weighted by Crippen LogP contribution is 2.11. The molecule has 2 heterocycles. The second kappa shape index (κ2) is 8.08. The molecule has 1 aliphatic heterocycles. The number of nitrogens with zero attached hydrogens (tertiary/aromatic N) is 3. The maximum absolute atomic E-state index is 12.4. The van der Waals surface area contributed by atoms with Gasteiger partial charge in [0.2, 0.25) is 0 Å². The standard InChI is InChI=1S/C19H20ClN3O/c20-18-9-8-17(15-21-18)19(24)23-13-11-22(12-14-23)10-4-7-16-5-2-1-3-6-16/h1-9,15H,10-14H2. The molecule has 24 heavy (non-hydrogen) atoms. The normalized spacial score (nSPS) is 15.8. The first-order chi connectivity index (χ1) is 11.7. The monoisotopic (exact) mass is 341 g/mol. The first-order valence-electron chi connectivity index (χ1n) is 8.07. The van der Waals surface area contributed by atoms with Gasteiger partial charge in [-0.3, -0.25) is 9.69 Å². The summed E-state index contributed by atoms with van der Waals surface area (Å²) in [6.45, 7) is 4.14. The van der Waals surface area contributed by atoms with Gasteiger partial charge in [-0.2, -0.15) is 0 Å². The molecule has 1 aromatic carbocycles. The Morgan fingerprint density at radius 3 is 2.50 bits per heavy atom. The van der Waals surface area contributed by atoms with Crippen molar-refractivity contribution >= 4 is 23.6 Å². The van der Waals surface area contributed by atoms with Gasteiger partial charge in [-0.1, -0.05) is 54.1 Å². The van der Waals surface area contributed by atoms with Gasteiger partial charge in [-0.25, -0.2) is 4.98 Å². The number of benzene rings is 1. The van der Waals surface area contributed by atoms with Crippen LogP contribution in [-0.2, 0) is 0 Å². The molecule has 1 aliphatic rings. The Kier molecular flexibility index (Phi) is 5.62. The van der Waals surface area contributed by atoms with Crippen molar-refractivity contribution in [2.24, 2.45) is 0 Å². The Morgan fingerprint density at radius 2 is 1.83 bits per heavy atom. The molecule has 0 N–H and O–H groups in total. The van der Waals surface area contributed by atoms with Crippen molar-refractivity contribution in [3.8, 4) is 0 Å². The zero-order valence-corrected chi connectivity index (χ0v) is 14.2. The molecule has 5 heteroatoms. The molecule has 1 fully saturated rings. The molecule has 1 amide bonds. The second-order valence-corrected chi connectivity index (χ2v) is 6.16. The first-order valence-corrected chi connectivity index (χ1v) is 8.45. The van der Waals surface area contributed by atoms with Crippen molar-refractivity contribution in [3.63, 3.8) is 0 Å². The molecular weight excluding hydrogens is 322 g/mol. The summed E-state index contributed by atoms with van der Waals surface area (Å²) in [5.74, 6) is 0.0265. The van der Waals surface area contributed by atoms with E-state index in [1.165, 1.54) is 5.56 Å². The van der Waals surface area contributed by atoms with E-state index in [-0.39, 0.29) is 5.91 Å². The summed E-state index contributed by atoms with van der Waals surface area (Å²) in [4.78, 5) is 20.6. The summed E-state index contributed by atoms with van der Waals surface area (Å²) >= 11 is 5.76. The first kappa shape index (κ1) is 16.7. The van der Waals surface area contributed by atoms with E-state index in [4.69, 9.17) is 11.6 Å². The summed E-state index contributed by atoms with van der Waals surface area (Å²) in [6, 6.07) is 13.7. The molecule has 0 aliphatic carbocycles. The molecule has 0 saturated carbocycles. The summed E-state index contributed by atoms with van der Waals surface area (Å²) < 4.78 is 0. The number of rotatable bonds is 4. The minimum absolute atomic E-state index is 0.0265. The van der Waals surface area contributed by atoms with E-state index in [1.54, 1.807) is 18.3 Å². The Labute approximate surface area is 147 Å². The lowest BCUT2D eigenvalue weighted by Crippen LogP contribution is -2.48. The number of aromatic nitrogens is 1. The summed E-state index contributed by atoms with van der Waals surface area (Å²) in [5.41, 5.74) is 1.80. The van der Waals surface area contributed by atoms with Crippen LogP contribution in [0.25, 0.3) is 6.08 Å². The molecular formula is C19H20ClN3O. The van der Waals surface area contributed by atoms with Gasteiger partial charge < -0.3 is 4.90 Å². The average molecular weight is 342 g/mol. The fourth-order valence-electron chi connectivity index (χ4n) is 2.72. The molecule has 124 valence electrons. The number of halogens is 1. The van der Waals surface area contributed by atoms with Gasteiger partial charge in [0.1, 0.15) is 5.15 Å². The van der Waals surface area contributed by atoms with E-state index >= 15 is 0 Å². The van der Waals surface area contributed by atoms with Crippen LogP contribution >= 0.6 is 11.6 Å². The smallest absolute Gasteiger partial charge is 0.255 e. The molecule has 3 rings (SSSR count). The van der Waals surface area contributed by atoms with E-state index in [0.29, 0.717) is 10.7 Å². The third-order valence-corrected chi connectivity index (χ3v) is 4.33. The van der Waals surface area contributed by atoms with Crippen LogP contribution in [0.3, 0.4) is 0 Å². The van der Waals surface area contributed by atoms with Crippen LogP contribution in [-0.4, -0.2) is 53.4 Å². The van der Waals surface area contributed by atoms with E-state index in [9.17, 15) is 4.79 Å². The van der Waals surface area contributed by atoms with Crippen LogP contribution in [0, 0.1) is 0 Å². The summed E-state index contributed by atoms with van der Waals surface area (Å²) in [5, 5.41) is 0.404. The third-order valence-electron chi connectivity index (χ3n) is 4.11. The largest absolute Gasteiger partial charge is 0.336 e. The van der Waals surface area contributed by atoms with E-state index in [1.807, 2.05) is 23.1 Å². The van der Waals surface area contributed by atoms with Crippen LogP contribution in [0.4, 0.5) is 0 Å². The zero-order chi connectivity index (χ0) is 16.8. The maximum Gasteiger partial charge on any atom is 0.255 e. The SMILES string of the molecule is O=C(c1ccc(Cl)nc1)N1CCN(CC=Cc2ccccc2)CC1. The third kappa shape index (κ3) is 4.43. The fourth-order valence-corrected chi connectivity index (χ4v) is 2.83. The van der Waals surface area contributed by atoms with Crippen molar-refractivity contribution in [2.45, 2.75) is 0 Å². The molecule has 2 aromatic rings. The number of carbonyl (C=O) groups is 1. The highest BCUT2D eigenvalue weighted by atomic mass is 35.5. The lowest BCUT2D eigenvalue weighted by Gasteiger charge is -2.34. The predicted octanol–water partition coefficient (Wildman–Crippen LogP) is 3.21. The van der Waals surface area contributed by atoms with E-state index in [2.05, 4.69) is 34.2 Å². The summed E-state index contributed by atoms with van der Waals surface area (Å²) in [7, 11) is 0. The fraction of sp³-hybridized carbons (Fsp3) is 0.263. The Morgan fingerprint density at radius 1 is 1.08 bits per heavy atom. The number of piperazine rings is 1. The number of pyridine rings is 1. The molecule has 4 nitrogen and oxygen atoms in total. The molecule has 0 atom stereocenters. The van der Waals surface area contributed by atoms with Gasteiger partial charge in [0, 0.05) is 38.9 Å². The quantitative estimate of drug-likeness (QED) is 0.801. The van der Waals surface area contributed by atoms with Crippen LogP contribution in [0.5, 0.6) is 0 Å².